The highest BCUT2D eigenvalue weighted by atomic mass is 32.2. The van der Waals surface area contributed by atoms with Gasteiger partial charge in [0.05, 0.1) is 0 Å². The van der Waals surface area contributed by atoms with Crippen LogP contribution < -0.4 is 0 Å². The Morgan fingerprint density at radius 1 is 1.14 bits per heavy atom. The van der Waals surface area contributed by atoms with Crippen LogP contribution >= 0.6 is 11.8 Å². The minimum atomic E-state index is -0.569. The van der Waals surface area contributed by atoms with Crippen LogP contribution in [-0.2, 0) is 6.42 Å². The van der Waals surface area contributed by atoms with Gasteiger partial charge in [-0.1, -0.05) is 49.6 Å². The Morgan fingerprint density at radius 3 is 2.62 bits per heavy atom. The van der Waals surface area contributed by atoms with E-state index in [0.717, 1.165) is 30.7 Å². The van der Waals surface area contributed by atoms with Crippen LogP contribution in [0.1, 0.15) is 49.7 Å². The largest absolute Gasteiger partial charge is 0.445 e. The van der Waals surface area contributed by atoms with Gasteiger partial charge in [0.25, 0.3) is 0 Å². The van der Waals surface area contributed by atoms with Crippen LogP contribution in [0.3, 0.4) is 0 Å². The van der Waals surface area contributed by atoms with Gasteiger partial charge in [-0.25, -0.2) is 4.98 Å². The molecule has 0 bridgehead atoms. The first-order chi connectivity index (χ1) is 10.3. The summed E-state index contributed by atoms with van der Waals surface area (Å²) >= 11 is 1.52. The van der Waals surface area contributed by atoms with Gasteiger partial charge in [-0.3, -0.25) is 0 Å². The third-order valence-electron chi connectivity index (χ3n) is 3.53. The van der Waals surface area contributed by atoms with Crippen LogP contribution in [0.25, 0.3) is 0 Å². The zero-order valence-electron chi connectivity index (χ0n) is 12.5. The molecular formula is C17H23NO2S. The second-order valence-electron chi connectivity index (χ2n) is 5.18. The van der Waals surface area contributed by atoms with Crippen molar-refractivity contribution in [2.75, 3.05) is 6.26 Å². The number of unbranched alkanes of at least 4 members (excludes halogenated alkanes) is 3. The van der Waals surface area contributed by atoms with E-state index in [2.05, 4.69) is 35.3 Å². The number of aliphatic hydroxyl groups excluding tert-OH is 1. The van der Waals surface area contributed by atoms with Gasteiger partial charge in [-0.2, -0.15) is 0 Å². The van der Waals surface area contributed by atoms with E-state index < -0.39 is 6.10 Å². The lowest BCUT2D eigenvalue weighted by atomic mass is 10.0. The summed E-state index contributed by atoms with van der Waals surface area (Å²) in [7, 11) is 0. The van der Waals surface area contributed by atoms with Gasteiger partial charge in [-0.05, 0) is 31.1 Å². The normalized spacial score (nSPS) is 12.5. The number of hydrogen-bond acceptors (Lipinski definition) is 4. The van der Waals surface area contributed by atoms with E-state index in [1.807, 2.05) is 6.26 Å². The molecule has 1 N–H and O–H groups in total. The van der Waals surface area contributed by atoms with Crippen molar-refractivity contribution < 1.29 is 9.52 Å². The van der Waals surface area contributed by atoms with Gasteiger partial charge in [0.2, 0.25) is 5.89 Å². The molecule has 21 heavy (non-hydrogen) atoms. The second kappa shape index (κ2) is 8.90. The summed E-state index contributed by atoms with van der Waals surface area (Å²) in [5, 5.41) is 10.8. The van der Waals surface area contributed by atoms with Gasteiger partial charge < -0.3 is 9.52 Å². The number of thioether (sulfide) groups is 1. The summed E-state index contributed by atoms with van der Waals surface area (Å²) in [6, 6.07) is 10.6. The van der Waals surface area contributed by atoms with Gasteiger partial charge in [0, 0.05) is 0 Å². The minimum absolute atomic E-state index is 0.448. The maximum absolute atomic E-state index is 10.00. The number of nitrogens with zero attached hydrogens (tertiary/aromatic N) is 1. The predicted molar refractivity (Wildman–Crippen MR) is 86.5 cm³/mol. The average Bonchev–Trinajstić information content (AvgIpc) is 3.00. The van der Waals surface area contributed by atoms with Crippen molar-refractivity contribution in [1.29, 1.82) is 0 Å². The molecule has 0 radical (unpaired) electrons. The van der Waals surface area contributed by atoms with Crippen molar-refractivity contribution in [1.82, 2.24) is 4.98 Å². The average molecular weight is 305 g/mol. The van der Waals surface area contributed by atoms with Gasteiger partial charge in [-0.15, -0.1) is 11.8 Å². The van der Waals surface area contributed by atoms with Crippen LogP contribution in [0.5, 0.6) is 0 Å². The Morgan fingerprint density at radius 2 is 1.90 bits per heavy atom. The maximum atomic E-state index is 10.00. The van der Waals surface area contributed by atoms with Crippen LogP contribution in [0.4, 0.5) is 0 Å². The van der Waals surface area contributed by atoms with Crippen molar-refractivity contribution in [2.45, 2.75) is 49.7 Å². The summed E-state index contributed by atoms with van der Waals surface area (Å²) in [4.78, 5) is 4.23. The molecule has 3 nitrogen and oxygen atoms in total. The number of rotatable bonds is 9. The molecule has 0 spiro atoms. The van der Waals surface area contributed by atoms with E-state index in [9.17, 15) is 5.11 Å². The summed E-state index contributed by atoms with van der Waals surface area (Å²) in [5.41, 5.74) is 1.40. The minimum Gasteiger partial charge on any atom is -0.445 e. The van der Waals surface area contributed by atoms with Crippen LogP contribution in [0.2, 0.25) is 0 Å². The summed E-state index contributed by atoms with van der Waals surface area (Å²) in [5.74, 6) is 0.448. The molecule has 0 amide bonds. The van der Waals surface area contributed by atoms with E-state index >= 15 is 0 Å². The Bertz CT molecular complexity index is 513. The highest BCUT2D eigenvalue weighted by Crippen LogP contribution is 2.22. The second-order valence-corrected chi connectivity index (χ2v) is 6.01. The van der Waals surface area contributed by atoms with Gasteiger partial charge in [0.15, 0.2) is 0 Å². The van der Waals surface area contributed by atoms with Crippen molar-refractivity contribution in [3.63, 3.8) is 0 Å². The lowest BCUT2D eigenvalue weighted by Gasteiger charge is -2.06. The molecule has 0 fully saturated rings. The maximum Gasteiger partial charge on any atom is 0.224 e. The van der Waals surface area contributed by atoms with E-state index in [1.54, 1.807) is 6.26 Å². The third-order valence-corrected chi connectivity index (χ3v) is 4.14. The fourth-order valence-electron chi connectivity index (χ4n) is 2.31. The first kappa shape index (κ1) is 16.1. The molecule has 4 heteroatoms. The quantitative estimate of drug-likeness (QED) is 0.542. The lowest BCUT2D eigenvalue weighted by molar-refractivity contribution is 0.130. The standard InChI is InChI=1S/C17H23NO2S/c1-21-16-13-20-17(18-16)15(19)12-8-3-2-5-9-14-10-6-4-7-11-14/h4,6-7,10-11,13,15,19H,2-3,5,8-9,12H2,1H3. The lowest BCUT2D eigenvalue weighted by Crippen LogP contribution is -1.98. The summed E-state index contributed by atoms with van der Waals surface area (Å²) in [6.45, 7) is 0. The Kier molecular flexibility index (Phi) is 6.83. The smallest absolute Gasteiger partial charge is 0.224 e. The SMILES string of the molecule is CSc1coc(C(O)CCCCCCc2ccccc2)n1. The molecule has 0 aliphatic rings. The third kappa shape index (κ3) is 5.56. The topological polar surface area (TPSA) is 46.3 Å². The first-order valence-electron chi connectivity index (χ1n) is 7.51. The molecule has 1 aromatic heterocycles. The van der Waals surface area contributed by atoms with Crippen LogP contribution in [0, 0.1) is 0 Å². The zero-order valence-corrected chi connectivity index (χ0v) is 13.3. The molecule has 2 rings (SSSR count). The zero-order chi connectivity index (χ0) is 14.9. The number of aliphatic hydroxyl groups is 1. The molecule has 0 aliphatic heterocycles. The van der Waals surface area contributed by atoms with Gasteiger partial charge >= 0.3 is 0 Å². The molecule has 1 heterocycles. The molecule has 1 aromatic carbocycles. The molecule has 0 aliphatic carbocycles. The number of oxazole rings is 1. The Hall–Kier alpha value is -1.26. The first-order valence-corrected chi connectivity index (χ1v) is 8.73. The predicted octanol–water partition coefficient (Wildman–Crippen LogP) is 4.62. The van der Waals surface area contributed by atoms with E-state index in [0.29, 0.717) is 5.89 Å². The summed E-state index contributed by atoms with van der Waals surface area (Å²) < 4.78 is 5.27. The fraction of sp³-hybridized carbons (Fsp3) is 0.471. The van der Waals surface area contributed by atoms with E-state index in [-0.39, 0.29) is 0 Å². The van der Waals surface area contributed by atoms with Gasteiger partial charge in [0.1, 0.15) is 17.4 Å². The molecule has 114 valence electrons. The number of hydrogen-bond donors (Lipinski definition) is 1. The molecular weight excluding hydrogens is 282 g/mol. The van der Waals surface area contributed by atoms with Crippen LogP contribution in [0.15, 0.2) is 46.0 Å². The van der Waals surface area contributed by atoms with E-state index in [1.165, 1.54) is 30.2 Å². The van der Waals surface area contributed by atoms with Crippen molar-refractivity contribution in [2.24, 2.45) is 0 Å². The van der Waals surface area contributed by atoms with Crippen molar-refractivity contribution in [3.05, 3.63) is 48.0 Å². The number of benzene rings is 1. The molecule has 1 unspecified atom stereocenters. The molecule has 1 atom stereocenters. The summed E-state index contributed by atoms with van der Waals surface area (Å²) in [6.07, 6.45) is 9.38. The molecule has 0 saturated carbocycles. The number of aryl methyl sites for hydroxylation is 1. The number of aromatic nitrogens is 1. The molecule has 2 aromatic rings. The fourth-order valence-corrected chi connectivity index (χ4v) is 2.63. The molecule has 0 saturated heterocycles. The Labute approximate surface area is 130 Å². The van der Waals surface area contributed by atoms with Crippen LogP contribution in [-0.4, -0.2) is 16.3 Å². The highest BCUT2D eigenvalue weighted by molar-refractivity contribution is 7.98. The monoisotopic (exact) mass is 305 g/mol. The Balaban J connectivity index is 1.57. The highest BCUT2D eigenvalue weighted by Gasteiger charge is 2.13. The van der Waals surface area contributed by atoms with Crippen molar-refractivity contribution >= 4 is 11.8 Å². The van der Waals surface area contributed by atoms with Crippen molar-refractivity contribution in [3.8, 4) is 0 Å². The van der Waals surface area contributed by atoms with E-state index in [4.69, 9.17) is 4.42 Å².